The van der Waals surface area contributed by atoms with Crippen LogP contribution in [-0.4, -0.2) is 22.8 Å². The maximum atomic E-state index is 5.88. The van der Waals surface area contributed by atoms with Crippen LogP contribution >= 0.6 is 0 Å². The van der Waals surface area contributed by atoms with Gasteiger partial charge in [-0.1, -0.05) is 22.9 Å². The highest BCUT2D eigenvalue weighted by atomic mass is 16.5. The predicted molar refractivity (Wildman–Crippen MR) is 70.0 cm³/mol. The van der Waals surface area contributed by atoms with Gasteiger partial charge in [-0.25, -0.2) is 0 Å². The standard InChI is InChI=1S/C14H17N3O2/c1-9-3-4-13-11(5-9)6-12(18-13)7-15-8-14-16-10(2)19-17-14/h3-5,12,15H,6-8H2,1-2H3. The summed E-state index contributed by atoms with van der Waals surface area (Å²) in [5.41, 5.74) is 2.57. The number of hydrogen-bond acceptors (Lipinski definition) is 5. The molecule has 2 aromatic rings. The number of ether oxygens (including phenoxy) is 1. The maximum absolute atomic E-state index is 5.88. The molecule has 0 saturated heterocycles. The molecule has 0 radical (unpaired) electrons. The fourth-order valence-corrected chi connectivity index (χ4v) is 2.32. The minimum absolute atomic E-state index is 0.185. The van der Waals surface area contributed by atoms with E-state index in [2.05, 4.69) is 34.5 Å². The molecule has 1 atom stereocenters. The van der Waals surface area contributed by atoms with Crippen LogP contribution < -0.4 is 10.1 Å². The van der Waals surface area contributed by atoms with E-state index in [0.717, 1.165) is 18.7 Å². The van der Waals surface area contributed by atoms with Crippen molar-refractivity contribution in [2.45, 2.75) is 32.9 Å². The fourth-order valence-electron chi connectivity index (χ4n) is 2.32. The van der Waals surface area contributed by atoms with Gasteiger partial charge in [-0.3, -0.25) is 0 Å². The molecular weight excluding hydrogens is 242 g/mol. The Kier molecular flexibility index (Phi) is 3.21. The minimum atomic E-state index is 0.185. The summed E-state index contributed by atoms with van der Waals surface area (Å²) in [6.07, 6.45) is 1.14. The molecule has 19 heavy (non-hydrogen) atoms. The molecule has 100 valence electrons. The highest BCUT2D eigenvalue weighted by Gasteiger charge is 2.22. The molecule has 0 spiro atoms. The second kappa shape index (κ2) is 5.01. The van der Waals surface area contributed by atoms with Crippen LogP contribution in [0.4, 0.5) is 0 Å². The van der Waals surface area contributed by atoms with Gasteiger partial charge in [0.25, 0.3) is 0 Å². The number of hydrogen-bond donors (Lipinski definition) is 1. The highest BCUT2D eigenvalue weighted by Crippen LogP contribution is 2.29. The molecule has 1 unspecified atom stereocenters. The third-order valence-electron chi connectivity index (χ3n) is 3.18. The van der Waals surface area contributed by atoms with Gasteiger partial charge in [-0.2, -0.15) is 4.98 Å². The molecule has 1 aliphatic rings. The first kappa shape index (κ1) is 12.2. The van der Waals surface area contributed by atoms with Crippen LogP contribution in [0.15, 0.2) is 22.7 Å². The van der Waals surface area contributed by atoms with Gasteiger partial charge in [-0.05, 0) is 18.6 Å². The fraction of sp³-hybridized carbons (Fsp3) is 0.429. The third kappa shape index (κ3) is 2.76. The minimum Gasteiger partial charge on any atom is -0.488 e. The Morgan fingerprint density at radius 2 is 2.26 bits per heavy atom. The van der Waals surface area contributed by atoms with Crippen molar-refractivity contribution in [3.8, 4) is 5.75 Å². The monoisotopic (exact) mass is 259 g/mol. The van der Waals surface area contributed by atoms with Crippen molar-refractivity contribution in [3.05, 3.63) is 41.0 Å². The van der Waals surface area contributed by atoms with Gasteiger partial charge < -0.3 is 14.6 Å². The number of aryl methyl sites for hydroxylation is 2. The largest absolute Gasteiger partial charge is 0.488 e. The second-order valence-corrected chi connectivity index (χ2v) is 4.92. The van der Waals surface area contributed by atoms with Gasteiger partial charge in [0.1, 0.15) is 11.9 Å². The van der Waals surface area contributed by atoms with E-state index in [-0.39, 0.29) is 6.10 Å². The summed E-state index contributed by atoms with van der Waals surface area (Å²) in [5.74, 6) is 2.29. The number of aromatic nitrogens is 2. The van der Waals surface area contributed by atoms with Crippen LogP contribution in [0.2, 0.25) is 0 Å². The molecule has 1 N–H and O–H groups in total. The Morgan fingerprint density at radius 1 is 1.37 bits per heavy atom. The average Bonchev–Trinajstić information content (AvgIpc) is 2.95. The highest BCUT2D eigenvalue weighted by molar-refractivity contribution is 5.40. The molecule has 0 fully saturated rings. The topological polar surface area (TPSA) is 60.2 Å². The summed E-state index contributed by atoms with van der Waals surface area (Å²) in [4.78, 5) is 4.14. The number of nitrogens with zero attached hydrogens (tertiary/aromatic N) is 2. The molecule has 0 aliphatic carbocycles. The maximum Gasteiger partial charge on any atom is 0.223 e. The normalized spacial score (nSPS) is 17.3. The lowest BCUT2D eigenvalue weighted by Crippen LogP contribution is -2.30. The Hall–Kier alpha value is -1.88. The van der Waals surface area contributed by atoms with Gasteiger partial charge in [-0.15, -0.1) is 0 Å². The van der Waals surface area contributed by atoms with E-state index < -0.39 is 0 Å². The van der Waals surface area contributed by atoms with Crippen molar-refractivity contribution in [2.75, 3.05) is 6.54 Å². The smallest absolute Gasteiger partial charge is 0.223 e. The predicted octanol–water partition coefficient (Wildman–Crippen LogP) is 1.78. The van der Waals surface area contributed by atoms with Crippen LogP contribution in [0, 0.1) is 13.8 Å². The van der Waals surface area contributed by atoms with Crippen LogP contribution in [-0.2, 0) is 13.0 Å². The third-order valence-corrected chi connectivity index (χ3v) is 3.18. The number of rotatable bonds is 4. The molecule has 3 rings (SSSR count). The molecule has 5 nitrogen and oxygen atoms in total. The van der Waals surface area contributed by atoms with Crippen molar-refractivity contribution in [1.29, 1.82) is 0 Å². The molecule has 1 aromatic heterocycles. The van der Waals surface area contributed by atoms with Crippen molar-refractivity contribution in [1.82, 2.24) is 15.5 Å². The number of nitrogens with one attached hydrogen (secondary N) is 1. The summed E-state index contributed by atoms with van der Waals surface area (Å²) in [6.45, 7) is 5.27. The van der Waals surface area contributed by atoms with E-state index in [4.69, 9.17) is 9.26 Å². The number of fused-ring (bicyclic) bond motifs is 1. The molecule has 0 saturated carbocycles. The zero-order valence-corrected chi connectivity index (χ0v) is 11.1. The lowest BCUT2D eigenvalue weighted by Gasteiger charge is -2.10. The van der Waals surface area contributed by atoms with Crippen molar-refractivity contribution < 1.29 is 9.26 Å². The molecular formula is C14H17N3O2. The summed E-state index contributed by atoms with van der Waals surface area (Å²) in [5, 5.41) is 7.14. The molecule has 1 aromatic carbocycles. The zero-order valence-electron chi connectivity index (χ0n) is 11.1. The first-order valence-corrected chi connectivity index (χ1v) is 6.47. The van der Waals surface area contributed by atoms with E-state index in [1.165, 1.54) is 11.1 Å². The second-order valence-electron chi connectivity index (χ2n) is 4.92. The molecule has 0 bridgehead atoms. The summed E-state index contributed by atoms with van der Waals surface area (Å²) in [7, 11) is 0. The Labute approximate surface area is 112 Å². The Bertz CT molecular complexity index is 580. The summed E-state index contributed by atoms with van der Waals surface area (Å²) < 4.78 is 10.8. The first-order valence-electron chi connectivity index (χ1n) is 6.47. The van der Waals surface area contributed by atoms with E-state index in [1.54, 1.807) is 6.92 Å². The van der Waals surface area contributed by atoms with E-state index in [1.807, 2.05) is 6.07 Å². The summed E-state index contributed by atoms with van der Waals surface area (Å²) in [6, 6.07) is 6.32. The molecule has 0 amide bonds. The average molecular weight is 259 g/mol. The van der Waals surface area contributed by atoms with Crippen molar-refractivity contribution in [3.63, 3.8) is 0 Å². The van der Waals surface area contributed by atoms with E-state index in [0.29, 0.717) is 18.3 Å². The van der Waals surface area contributed by atoms with Gasteiger partial charge in [0.15, 0.2) is 5.82 Å². The van der Waals surface area contributed by atoms with Gasteiger partial charge in [0.05, 0.1) is 6.54 Å². The number of benzene rings is 1. The van der Waals surface area contributed by atoms with E-state index >= 15 is 0 Å². The Balaban J connectivity index is 1.51. The zero-order chi connectivity index (χ0) is 13.2. The summed E-state index contributed by atoms with van der Waals surface area (Å²) >= 11 is 0. The SMILES string of the molecule is Cc1ccc2c(c1)CC(CNCc1noc(C)n1)O2. The van der Waals surface area contributed by atoms with E-state index in [9.17, 15) is 0 Å². The lowest BCUT2D eigenvalue weighted by atomic mass is 10.1. The molecule has 2 heterocycles. The van der Waals surface area contributed by atoms with Crippen LogP contribution in [0.25, 0.3) is 0 Å². The first-order chi connectivity index (χ1) is 9.20. The molecule has 5 heteroatoms. The lowest BCUT2D eigenvalue weighted by molar-refractivity contribution is 0.226. The van der Waals surface area contributed by atoms with Gasteiger partial charge in [0, 0.05) is 19.9 Å². The van der Waals surface area contributed by atoms with Gasteiger partial charge >= 0.3 is 0 Å². The van der Waals surface area contributed by atoms with Crippen LogP contribution in [0.5, 0.6) is 5.75 Å². The van der Waals surface area contributed by atoms with Crippen LogP contribution in [0.3, 0.4) is 0 Å². The quantitative estimate of drug-likeness (QED) is 0.907. The van der Waals surface area contributed by atoms with Crippen molar-refractivity contribution in [2.24, 2.45) is 0 Å². The Morgan fingerprint density at radius 3 is 3.05 bits per heavy atom. The van der Waals surface area contributed by atoms with Gasteiger partial charge in [0.2, 0.25) is 5.89 Å². The van der Waals surface area contributed by atoms with Crippen molar-refractivity contribution >= 4 is 0 Å². The van der Waals surface area contributed by atoms with Crippen LogP contribution in [0.1, 0.15) is 22.8 Å². The molecule has 1 aliphatic heterocycles.